The molecule has 1 fully saturated rings. The third-order valence-electron chi connectivity index (χ3n) is 4.85. The van der Waals surface area contributed by atoms with Crippen molar-refractivity contribution in [1.29, 1.82) is 0 Å². The van der Waals surface area contributed by atoms with Gasteiger partial charge >= 0.3 is 0 Å². The van der Waals surface area contributed by atoms with Crippen LogP contribution < -0.4 is 10.5 Å². The lowest BCUT2D eigenvalue weighted by Crippen LogP contribution is -2.54. The van der Waals surface area contributed by atoms with Crippen molar-refractivity contribution in [1.82, 2.24) is 9.62 Å². The van der Waals surface area contributed by atoms with Crippen molar-refractivity contribution >= 4 is 28.3 Å². The molecule has 1 aliphatic rings. The van der Waals surface area contributed by atoms with Gasteiger partial charge in [-0.15, -0.1) is 12.4 Å². The van der Waals surface area contributed by atoms with Crippen LogP contribution in [-0.4, -0.2) is 44.4 Å². The highest BCUT2D eigenvalue weighted by atomic mass is 35.5. The fourth-order valence-corrected chi connectivity index (χ4v) is 4.62. The molecule has 3 atom stereocenters. The second-order valence-corrected chi connectivity index (χ2v) is 9.00. The molecular formula is C18H29ClFN3O3S. The molecule has 0 bridgehead atoms. The van der Waals surface area contributed by atoms with Crippen LogP contribution in [-0.2, 0) is 14.8 Å². The van der Waals surface area contributed by atoms with Crippen LogP contribution in [0.1, 0.15) is 33.6 Å². The first-order chi connectivity index (χ1) is 12.1. The zero-order valence-corrected chi connectivity index (χ0v) is 17.5. The lowest BCUT2D eigenvalue weighted by molar-refractivity contribution is -0.136. The zero-order valence-electron chi connectivity index (χ0n) is 15.9. The average Bonchev–Trinajstić information content (AvgIpc) is 2.59. The van der Waals surface area contributed by atoms with Gasteiger partial charge in [-0.3, -0.25) is 4.79 Å². The van der Waals surface area contributed by atoms with Crippen molar-refractivity contribution in [3.05, 3.63) is 30.1 Å². The van der Waals surface area contributed by atoms with Crippen LogP contribution in [0.5, 0.6) is 0 Å². The van der Waals surface area contributed by atoms with Crippen LogP contribution in [0.25, 0.3) is 0 Å². The maximum Gasteiger partial charge on any atom is 0.244 e. The summed E-state index contributed by atoms with van der Waals surface area (Å²) >= 11 is 0. The first-order valence-corrected chi connectivity index (χ1v) is 10.4. The van der Waals surface area contributed by atoms with Gasteiger partial charge in [0.1, 0.15) is 16.8 Å². The molecule has 9 heteroatoms. The lowest BCUT2D eigenvalue weighted by Gasteiger charge is -2.37. The topological polar surface area (TPSA) is 92.5 Å². The van der Waals surface area contributed by atoms with Gasteiger partial charge in [-0.1, -0.05) is 26.0 Å². The van der Waals surface area contributed by atoms with Crippen molar-refractivity contribution < 1.29 is 17.6 Å². The number of rotatable bonds is 6. The number of nitrogens with two attached hydrogens (primary N) is 1. The number of hydrogen-bond acceptors (Lipinski definition) is 4. The summed E-state index contributed by atoms with van der Waals surface area (Å²) in [6.07, 6.45) is 1.79. The number of piperidine rings is 1. The van der Waals surface area contributed by atoms with E-state index in [1.807, 2.05) is 6.92 Å². The maximum atomic E-state index is 13.9. The molecule has 1 amide bonds. The van der Waals surface area contributed by atoms with E-state index in [9.17, 15) is 17.6 Å². The minimum atomic E-state index is -4.15. The molecule has 1 saturated heterocycles. The highest BCUT2D eigenvalue weighted by molar-refractivity contribution is 7.89. The second kappa shape index (κ2) is 9.82. The van der Waals surface area contributed by atoms with Gasteiger partial charge in [-0.25, -0.2) is 12.8 Å². The third-order valence-corrected chi connectivity index (χ3v) is 6.33. The Hall–Kier alpha value is -1.22. The minimum Gasteiger partial charge on any atom is -0.341 e. The highest BCUT2D eigenvalue weighted by Crippen LogP contribution is 2.22. The second-order valence-electron chi connectivity index (χ2n) is 7.32. The Labute approximate surface area is 167 Å². The summed E-state index contributed by atoms with van der Waals surface area (Å²) in [4.78, 5) is 14.2. The van der Waals surface area contributed by atoms with E-state index in [1.54, 1.807) is 18.7 Å². The minimum absolute atomic E-state index is 0. The number of hydrogen-bond donors (Lipinski definition) is 2. The third kappa shape index (κ3) is 5.88. The summed E-state index contributed by atoms with van der Waals surface area (Å²) < 4.78 is 41.5. The van der Waals surface area contributed by atoms with E-state index in [4.69, 9.17) is 5.73 Å². The Morgan fingerprint density at radius 1 is 1.30 bits per heavy atom. The van der Waals surface area contributed by atoms with Gasteiger partial charge in [0.05, 0.1) is 0 Å². The molecule has 1 aliphatic heterocycles. The Balaban J connectivity index is 0.00000364. The summed E-state index contributed by atoms with van der Waals surface area (Å²) in [5.41, 5.74) is 5.97. The van der Waals surface area contributed by atoms with Crippen LogP contribution >= 0.6 is 12.4 Å². The van der Waals surface area contributed by atoms with Gasteiger partial charge in [-0.05, 0) is 43.7 Å². The van der Waals surface area contributed by atoms with E-state index in [1.165, 1.54) is 18.2 Å². The largest absolute Gasteiger partial charge is 0.341 e. The number of likely N-dealkylation sites (tertiary alicyclic amines) is 1. The van der Waals surface area contributed by atoms with Gasteiger partial charge in [0, 0.05) is 19.1 Å². The van der Waals surface area contributed by atoms with Crippen molar-refractivity contribution in [2.45, 2.75) is 50.6 Å². The van der Waals surface area contributed by atoms with E-state index in [-0.39, 0.29) is 36.2 Å². The monoisotopic (exact) mass is 421 g/mol. The number of benzene rings is 1. The predicted octanol–water partition coefficient (Wildman–Crippen LogP) is 2.14. The van der Waals surface area contributed by atoms with E-state index in [2.05, 4.69) is 4.72 Å². The quantitative estimate of drug-likeness (QED) is 0.735. The van der Waals surface area contributed by atoms with Gasteiger partial charge < -0.3 is 10.6 Å². The molecule has 3 N–H and O–H groups in total. The Morgan fingerprint density at radius 2 is 1.93 bits per heavy atom. The van der Waals surface area contributed by atoms with Gasteiger partial charge in [-0.2, -0.15) is 4.72 Å². The number of carbonyl (C=O) groups is 1. The molecule has 1 aromatic rings. The molecular weight excluding hydrogens is 393 g/mol. The molecule has 154 valence electrons. The average molecular weight is 422 g/mol. The van der Waals surface area contributed by atoms with E-state index >= 15 is 0 Å². The summed E-state index contributed by atoms with van der Waals surface area (Å²) in [6.45, 7) is 6.53. The summed E-state index contributed by atoms with van der Waals surface area (Å²) in [5.74, 6) is -1.21. The van der Waals surface area contributed by atoms with Crippen molar-refractivity contribution in [2.75, 3.05) is 13.1 Å². The van der Waals surface area contributed by atoms with Gasteiger partial charge in [0.2, 0.25) is 15.9 Å². The smallest absolute Gasteiger partial charge is 0.244 e. The van der Waals surface area contributed by atoms with E-state index < -0.39 is 26.8 Å². The maximum absolute atomic E-state index is 13.9. The molecule has 6 nitrogen and oxygen atoms in total. The van der Waals surface area contributed by atoms with Crippen LogP contribution in [0.2, 0.25) is 0 Å². The number of carbonyl (C=O) groups excluding carboxylic acids is 1. The predicted molar refractivity (Wildman–Crippen MR) is 106 cm³/mol. The Morgan fingerprint density at radius 3 is 2.48 bits per heavy atom. The number of amides is 1. The number of halogens is 2. The van der Waals surface area contributed by atoms with Crippen LogP contribution in [0.3, 0.4) is 0 Å². The van der Waals surface area contributed by atoms with Crippen LogP contribution in [0.4, 0.5) is 4.39 Å². The fraction of sp³-hybridized carbons (Fsp3) is 0.611. The molecule has 0 radical (unpaired) electrons. The first-order valence-electron chi connectivity index (χ1n) is 8.94. The molecule has 27 heavy (non-hydrogen) atoms. The fourth-order valence-electron chi connectivity index (χ4n) is 3.20. The Kier molecular flexibility index (Phi) is 8.66. The molecule has 1 aromatic carbocycles. The number of sulfonamides is 1. The summed E-state index contributed by atoms with van der Waals surface area (Å²) in [7, 11) is -4.15. The molecule has 0 aliphatic carbocycles. The number of nitrogens with zero attached hydrogens (tertiary/aromatic N) is 1. The summed E-state index contributed by atoms with van der Waals surface area (Å²) in [5, 5.41) is 0. The molecule has 3 unspecified atom stereocenters. The zero-order chi connectivity index (χ0) is 19.5. The SMILES string of the molecule is CC(C)C(NS(=O)(=O)c1ccccc1F)C(=O)N1CCCC(C(C)N)C1.Cl. The van der Waals surface area contributed by atoms with Gasteiger partial charge in [0.15, 0.2) is 0 Å². The lowest BCUT2D eigenvalue weighted by atomic mass is 9.91. The molecule has 1 heterocycles. The highest BCUT2D eigenvalue weighted by Gasteiger charge is 2.35. The normalized spacial score (nSPS) is 20.1. The van der Waals surface area contributed by atoms with E-state index in [0.717, 1.165) is 18.9 Å². The standard InChI is InChI=1S/C18H28FN3O3S.ClH/c1-12(2)17(18(23)22-10-6-7-14(11-22)13(3)20)21-26(24,25)16-9-5-4-8-15(16)19;/h4-5,8-9,12-14,17,21H,6-7,10-11,20H2,1-3H3;1H. The Bertz CT molecular complexity index is 743. The molecule has 0 aromatic heterocycles. The van der Waals surface area contributed by atoms with Crippen molar-refractivity contribution in [3.8, 4) is 0 Å². The van der Waals surface area contributed by atoms with Crippen molar-refractivity contribution in [2.24, 2.45) is 17.6 Å². The van der Waals surface area contributed by atoms with Gasteiger partial charge in [0.25, 0.3) is 0 Å². The van der Waals surface area contributed by atoms with Crippen molar-refractivity contribution in [3.63, 3.8) is 0 Å². The first kappa shape index (κ1) is 23.8. The molecule has 0 spiro atoms. The van der Waals surface area contributed by atoms with Crippen LogP contribution in [0.15, 0.2) is 29.2 Å². The number of nitrogens with one attached hydrogen (secondary N) is 1. The summed E-state index contributed by atoms with van der Waals surface area (Å²) in [6, 6.07) is 4.15. The molecule has 0 saturated carbocycles. The molecule has 2 rings (SSSR count). The van der Waals surface area contributed by atoms with Crippen LogP contribution in [0, 0.1) is 17.7 Å². The van der Waals surface area contributed by atoms with E-state index in [0.29, 0.717) is 13.1 Å².